The topological polar surface area (TPSA) is 73.2 Å². The number of nitrogens with zero attached hydrogens (tertiary/aromatic N) is 2. The molecule has 1 N–H and O–H groups in total. The third-order valence-electron chi connectivity index (χ3n) is 5.44. The van der Waals surface area contributed by atoms with Gasteiger partial charge in [0.15, 0.2) is 0 Å². The average Bonchev–Trinajstić information content (AvgIpc) is 2.82. The van der Waals surface area contributed by atoms with Crippen molar-refractivity contribution in [1.29, 1.82) is 0 Å². The zero-order valence-electron chi connectivity index (χ0n) is 19.0. The minimum Gasteiger partial charge on any atom is -0.497 e. The lowest BCUT2D eigenvalue weighted by atomic mass is 10.0. The molecule has 0 aliphatic heterocycles. The first-order valence-corrected chi connectivity index (χ1v) is 10.6. The molecule has 0 unspecified atom stereocenters. The Bertz CT molecular complexity index is 1370. The number of carbonyl (C=O) groups excluding carboxylic acids is 1. The molecule has 0 aliphatic rings. The maximum absolute atomic E-state index is 13.3. The highest BCUT2D eigenvalue weighted by Gasteiger charge is 2.21. The van der Waals surface area contributed by atoms with E-state index in [1.54, 1.807) is 43.0 Å². The molecule has 0 radical (unpaired) electrons. The normalized spacial score (nSPS) is 10.7. The van der Waals surface area contributed by atoms with Crippen LogP contribution in [0, 0.1) is 20.8 Å². The number of ether oxygens (including phenoxy) is 1. The number of rotatable bonds is 5. The van der Waals surface area contributed by atoms with Gasteiger partial charge in [0.05, 0.1) is 18.4 Å². The third kappa shape index (κ3) is 4.55. The average molecular weight is 440 g/mol. The van der Waals surface area contributed by atoms with Crippen LogP contribution in [0.3, 0.4) is 0 Å². The van der Waals surface area contributed by atoms with Crippen molar-refractivity contribution in [2.24, 2.45) is 0 Å². The van der Waals surface area contributed by atoms with Crippen molar-refractivity contribution in [3.05, 3.63) is 105 Å². The smallest absolute Gasteiger partial charge is 0.256 e. The van der Waals surface area contributed by atoms with Crippen LogP contribution in [0.2, 0.25) is 0 Å². The summed E-state index contributed by atoms with van der Waals surface area (Å²) in [7, 11) is 1.57. The number of anilines is 1. The fourth-order valence-electron chi connectivity index (χ4n) is 3.56. The molecule has 0 spiro atoms. The molecule has 1 heterocycles. The second kappa shape index (κ2) is 9.12. The Balaban J connectivity index is 1.96. The summed E-state index contributed by atoms with van der Waals surface area (Å²) in [5.41, 5.74) is 4.40. The molecule has 3 aromatic carbocycles. The van der Waals surface area contributed by atoms with Crippen LogP contribution >= 0.6 is 0 Å². The van der Waals surface area contributed by atoms with E-state index < -0.39 is 0 Å². The minimum atomic E-state index is -0.329. The molecule has 0 saturated heterocycles. The SMILES string of the molecule is COc1cccc(-c2c(NC(=O)c3ccc(C)cc3)n(-c3ccc(C)cc3)nc(C)c2=O)c1. The largest absolute Gasteiger partial charge is 0.497 e. The summed E-state index contributed by atoms with van der Waals surface area (Å²) in [6, 6.07) is 22.2. The van der Waals surface area contributed by atoms with E-state index in [0.29, 0.717) is 34.0 Å². The van der Waals surface area contributed by atoms with Gasteiger partial charge in [-0.25, -0.2) is 4.68 Å². The molecule has 0 aliphatic carbocycles. The Morgan fingerprint density at radius 2 is 1.55 bits per heavy atom. The van der Waals surface area contributed by atoms with E-state index in [1.165, 1.54) is 0 Å². The van der Waals surface area contributed by atoms with Crippen molar-refractivity contribution in [2.45, 2.75) is 20.8 Å². The summed E-state index contributed by atoms with van der Waals surface area (Å²) < 4.78 is 6.97. The number of amides is 1. The molecule has 0 bridgehead atoms. The van der Waals surface area contributed by atoms with Crippen LogP contribution in [0.1, 0.15) is 27.2 Å². The molecule has 4 aromatic rings. The molecule has 1 amide bonds. The Labute approximate surface area is 192 Å². The fourth-order valence-corrected chi connectivity index (χ4v) is 3.56. The zero-order valence-corrected chi connectivity index (χ0v) is 19.0. The van der Waals surface area contributed by atoms with Crippen molar-refractivity contribution in [1.82, 2.24) is 9.78 Å². The van der Waals surface area contributed by atoms with Crippen molar-refractivity contribution < 1.29 is 9.53 Å². The van der Waals surface area contributed by atoms with Crippen LogP contribution in [0.5, 0.6) is 5.75 Å². The number of methoxy groups -OCH3 is 1. The van der Waals surface area contributed by atoms with Crippen molar-refractivity contribution in [2.75, 3.05) is 12.4 Å². The highest BCUT2D eigenvalue weighted by atomic mass is 16.5. The predicted molar refractivity (Wildman–Crippen MR) is 130 cm³/mol. The van der Waals surface area contributed by atoms with Crippen molar-refractivity contribution in [3.8, 4) is 22.6 Å². The maximum Gasteiger partial charge on any atom is 0.256 e. The first kappa shape index (κ1) is 22.0. The monoisotopic (exact) mass is 439 g/mol. The summed E-state index contributed by atoms with van der Waals surface area (Å²) in [6.45, 7) is 5.62. The molecule has 1 aromatic heterocycles. The molecule has 0 atom stereocenters. The lowest BCUT2D eigenvalue weighted by molar-refractivity contribution is 0.102. The van der Waals surface area contributed by atoms with Crippen LogP contribution in [0.15, 0.2) is 77.6 Å². The molecular formula is C27H25N3O3. The van der Waals surface area contributed by atoms with Crippen molar-refractivity contribution >= 4 is 11.7 Å². The Morgan fingerprint density at radius 1 is 0.909 bits per heavy atom. The van der Waals surface area contributed by atoms with Gasteiger partial charge in [-0.05, 0) is 62.7 Å². The van der Waals surface area contributed by atoms with Gasteiger partial charge in [-0.1, -0.05) is 47.5 Å². The molecule has 0 saturated carbocycles. The standard InChI is InChI=1S/C27H25N3O3/c1-17-8-12-20(13-9-17)27(32)28-26-24(21-6-5-7-23(16-21)33-4)25(31)19(3)29-30(26)22-14-10-18(2)11-15-22/h5-16H,1-4H3,(H,28,32). The molecular weight excluding hydrogens is 414 g/mol. The third-order valence-corrected chi connectivity index (χ3v) is 5.44. The summed E-state index contributed by atoms with van der Waals surface area (Å²) in [6.07, 6.45) is 0. The summed E-state index contributed by atoms with van der Waals surface area (Å²) in [5.74, 6) is 0.581. The minimum absolute atomic E-state index is 0.258. The number of benzene rings is 3. The molecule has 33 heavy (non-hydrogen) atoms. The van der Waals surface area contributed by atoms with E-state index in [-0.39, 0.29) is 11.3 Å². The first-order valence-electron chi connectivity index (χ1n) is 10.6. The fraction of sp³-hybridized carbons (Fsp3) is 0.148. The van der Waals surface area contributed by atoms with Crippen LogP contribution in [-0.2, 0) is 0 Å². The van der Waals surface area contributed by atoms with Gasteiger partial charge < -0.3 is 10.1 Å². The van der Waals surface area contributed by atoms with Crippen LogP contribution < -0.4 is 15.5 Å². The van der Waals surface area contributed by atoms with Crippen LogP contribution in [-0.4, -0.2) is 22.8 Å². The lowest BCUT2D eigenvalue weighted by Crippen LogP contribution is -2.25. The Morgan fingerprint density at radius 3 is 2.18 bits per heavy atom. The van der Waals surface area contributed by atoms with Gasteiger partial charge in [0, 0.05) is 5.56 Å². The van der Waals surface area contributed by atoms with Gasteiger partial charge in [-0.15, -0.1) is 0 Å². The second-order valence-corrected chi connectivity index (χ2v) is 7.94. The van der Waals surface area contributed by atoms with E-state index in [2.05, 4.69) is 10.4 Å². The maximum atomic E-state index is 13.3. The van der Waals surface area contributed by atoms with Gasteiger partial charge in [0.1, 0.15) is 17.3 Å². The molecule has 0 fully saturated rings. The zero-order chi connectivity index (χ0) is 23.5. The quantitative estimate of drug-likeness (QED) is 0.470. The van der Waals surface area contributed by atoms with E-state index in [9.17, 15) is 9.59 Å². The molecule has 6 heteroatoms. The summed E-state index contributed by atoms with van der Waals surface area (Å²) in [5, 5.41) is 7.47. The van der Waals surface area contributed by atoms with E-state index >= 15 is 0 Å². The number of nitrogens with one attached hydrogen (secondary N) is 1. The molecule has 4 rings (SSSR count). The van der Waals surface area contributed by atoms with E-state index in [1.807, 2.05) is 62.4 Å². The van der Waals surface area contributed by atoms with Gasteiger partial charge >= 0.3 is 0 Å². The number of hydrogen-bond donors (Lipinski definition) is 1. The van der Waals surface area contributed by atoms with Crippen molar-refractivity contribution in [3.63, 3.8) is 0 Å². The Kier molecular flexibility index (Phi) is 6.09. The first-order chi connectivity index (χ1) is 15.9. The van der Waals surface area contributed by atoms with Gasteiger partial charge in [0.25, 0.3) is 5.91 Å². The summed E-state index contributed by atoms with van der Waals surface area (Å²) >= 11 is 0. The number of hydrogen-bond acceptors (Lipinski definition) is 4. The van der Waals surface area contributed by atoms with Gasteiger partial charge in [0.2, 0.25) is 5.43 Å². The van der Waals surface area contributed by atoms with Gasteiger partial charge in [-0.2, -0.15) is 5.10 Å². The highest BCUT2D eigenvalue weighted by Crippen LogP contribution is 2.30. The molecule has 166 valence electrons. The lowest BCUT2D eigenvalue weighted by Gasteiger charge is -2.19. The highest BCUT2D eigenvalue weighted by molar-refractivity contribution is 6.05. The second-order valence-electron chi connectivity index (χ2n) is 7.94. The number of carbonyl (C=O) groups is 1. The van der Waals surface area contributed by atoms with E-state index in [0.717, 1.165) is 16.8 Å². The number of aromatic nitrogens is 2. The molecule has 6 nitrogen and oxygen atoms in total. The van der Waals surface area contributed by atoms with Crippen LogP contribution in [0.25, 0.3) is 16.8 Å². The Hall–Kier alpha value is -4.19. The van der Waals surface area contributed by atoms with E-state index in [4.69, 9.17) is 4.74 Å². The summed E-state index contributed by atoms with van der Waals surface area (Å²) in [4.78, 5) is 26.5. The van der Waals surface area contributed by atoms with Crippen LogP contribution in [0.4, 0.5) is 5.82 Å². The predicted octanol–water partition coefficient (Wildman–Crippen LogP) is 5.09. The van der Waals surface area contributed by atoms with Gasteiger partial charge in [-0.3, -0.25) is 9.59 Å². The number of aryl methyl sites for hydroxylation is 3.